The summed E-state index contributed by atoms with van der Waals surface area (Å²) < 4.78 is 82.3. The standard InChI is InChI=1S/C32H43F6N7/c1-19(2)45(40)42-29(39)44(17-22-11-25(31(33,34)35)14-26(12-22)32(36,37)38)18-24-13-23-9-10-30(3,4)27(23)41-28(24)43(15-20-5-6-20)16-21-7-8-21/h11-14,19-21H,5-10,15-18,40H2,1-4H3,(H2,39,42). The molecular weight excluding hydrogens is 596 g/mol. The Balaban J connectivity index is 1.59. The van der Waals surface area contributed by atoms with Crippen molar-refractivity contribution in [3.8, 4) is 0 Å². The Bertz CT molecular complexity index is 1360. The Morgan fingerprint density at radius 1 is 0.933 bits per heavy atom. The van der Waals surface area contributed by atoms with Gasteiger partial charge >= 0.3 is 12.4 Å². The van der Waals surface area contributed by atoms with Crippen molar-refractivity contribution in [2.75, 3.05) is 18.0 Å². The van der Waals surface area contributed by atoms with Crippen LogP contribution < -0.4 is 16.5 Å². The van der Waals surface area contributed by atoms with Gasteiger partial charge in [0.05, 0.1) is 22.9 Å². The quantitative estimate of drug-likeness (QED) is 0.0927. The van der Waals surface area contributed by atoms with E-state index in [-0.39, 0.29) is 42.1 Å². The van der Waals surface area contributed by atoms with E-state index in [1.165, 1.54) is 4.90 Å². The monoisotopic (exact) mass is 639 g/mol. The van der Waals surface area contributed by atoms with Gasteiger partial charge < -0.3 is 15.5 Å². The molecule has 45 heavy (non-hydrogen) atoms. The lowest BCUT2D eigenvalue weighted by atomic mass is 9.90. The summed E-state index contributed by atoms with van der Waals surface area (Å²) in [4.78, 5) is 9.07. The summed E-state index contributed by atoms with van der Waals surface area (Å²) in [5.74, 6) is 7.85. The van der Waals surface area contributed by atoms with Crippen LogP contribution >= 0.6 is 0 Å². The molecule has 0 unspecified atom stereocenters. The number of hydrogen-bond donors (Lipinski definition) is 2. The summed E-state index contributed by atoms with van der Waals surface area (Å²) in [5, 5.41) is 5.37. The highest BCUT2D eigenvalue weighted by Crippen LogP contribution is 2.42. The third-order valence-corrected chi connectivity index (χ3v) is 8.92. The average molecular weight is 640 g/mol. The van der Waals surface area contributed by atoms with Gasteiger partial charge in [-0.3, -0.25) is 0 Å². The van der Waals surface area contributed by atoms with E-state index in [0.717, 1.165) is 91.5 Å². The summed E-state index contributed by atoms with van der Waals surface area (Å²) in [7, 11) is 0. The molecule has 0 bridgehead atoms. The van der Waals surface area contributed by atoms with Gasteiger partial charge in [-0.15, -0.1) is 5.10 Å². The molecule has 0 saturated heterocycles. The maximum atomic E-state index is 13.7. The van der Waals surface area contributed by atoms with E-state index < -0.39 is 23.5 Å². The minimum Gasteiger partial charge on any atom is -0.368 e. The van der Waals surface area contributed by atoms with Gasteiger partial charge in [0.25, 0.3) is 0 Å². The molecule has 0 atom stereocenters. The molecule has 3 aliphatic carbocycles. The number of guanidine groups is 1. The molecule has 5 rings (SSSR count). The van der Waals surface area contributed by atoms with E-state index in [1.807, 2.05) is 0 Å². The van der Waals surface area contributed by atoms with Crippen molar-refractivity contribution in [1.82, 2.24) is 15.0 Å². The van der Waals surface area contributed by atoms with Gasteiger partial charge in [-0.25, -0.2) is 15.9 Å². The second-order valence-electron chi connectivity index (χ2n) is 13.9. The van der Waals surface area contributed by atoms with Crippen molar-refractivity contribution in [3.63, 3.8) is 0 Å². The highest BCUT2D eigenvalue weighted by Gasteiger charge is 2.38. The first-order valence-electron chi connectivity index (χ1n) is 15.6. The molecule has 1 aromatic carbocycles. The summed E-state index contributed by atoms with van der Waals surface area (Å²) in [6.07, 6.45) is -3.59. The van der Waals surface area contributed by atoms with Gasteiger partial charge in [0.15, 0.2) is 0 Å². The number of fused-ring (bicyclic) bond motifs is 1. The van der Waals surface area contributed by atoms with Crippen molar-refractivity contribution in [3.05, 3.63) is 57.8 Å². The molecule has 4 N–H and O–H groups in total. The number of aromatic nitrogens is 1. The molecule has 248 valence electrons. The minimum atomic E-state index is -4.97. The number of nitrogens with zero attached hydrogens (tertiary/aromatic N) is 5. The molecule has 3 aliphatic rings. The van der Waals surface area contributed by atoms with Crippen molar-refractivity contribution in [1.29, 1.82) is 0 Å². The lowest BCUT2D eigenvalue weighted by Gasteiger charge is -2.32. The van der Waals surface area contributed by atoms with E-state index >= 15 is 0 Å². The predicted molar refractivity (Wildman–Crippen MR) is 162 cm³/mol. The number of anilines is 1. The first-order valence-corrected chi connectivity index (χ1v) is 15.6. The molecule has 0 spiro atoms. The molecule has 1 heterocycles. The van der Waals surface area contributed by atoms with Gasteiger partial charge in [-0.1, -0.05) is 13.8 Å². The molecule has 0 aliphatic heterocycles. The molecule has 0 amide bonds. The lowest BCUT2D eigenvalue weighted by Crippen LogP contribution is -2.42. The van der Waals surface area contributed by atoms with E-state index in [0.29, 0.717) is 11.8 Å². The number of halogens is 6. The van der Waals surface area contributed by atoms with Crippen LogP contribution in [0.4, 0.5) is 32.2 Å². The summed E-state index contributed by atoms with van der Waals surface area (Å²) in [6.45, 7) is 9.32. The fraction of sp³-hybridized carbons (Fsp3) is 0.625. The fourth-order valence-electron chi connectivity index (χ4n) is 5.85. The number of aryl methyl sites for hydroxylation is 1. The molecule has 0 radical (unpaired) electrons. The molecule has 13 heteroatoms. The Hall–Kier alpha value is -3.22. The third kappa shape index (κ3) is 8.14. The van der Waals surface area contributed by atoms with Gasteiger partial charge in [-0.05, 0) is 99.6 Å². The fourth-order valence-corrected chi connectivity index (χ4v) is 5.85. The maximum absolute atomic E-state index is 13.7. The number of alkyl halides is 6. The Kier molecular flexibility index (Phi) is 8.98. The zero-order valence-corrected chi connectivity index (χ0v) is 26.3. The molecule has 2 saturated carbocycles. The van der Waals surface area contributed by atoms with Crippen LogP contribution in [0.15, 0.2) is 29.4 Å². The van der Waals surface area contributed by atoms with Crippen LogP contribution in [0, 0.1) is 11.8 Å². The van der Waals surface area contributed by atoms with Gasteiger partial charge in [-0.2, -0.15) is 26.3 Å². The van der Waals surface area contributed by atoms with E-state index in [4.69, 9.17) is 16.6 Å². The number of benzene rings is 1. The minimum absolute atomic E-state index is 0.0702. The zero-order valence-electron chi connectivity index (χ0n) is 26.3. The average Bonchev–Trinajstić information content (AvgIpc) is 3.87. The number of rotatable bonds is 11. The van der Waals surface area contributed by atoms with Crippen LogP contribution in [-0.4, -0.2) is 40.1 Å². The highest BCUT2D eigenvalue weighted by atomic mass is 19.4. The van der Waals surface area contributed by atoms with Gasteiger partial charge in [0.2, 0.25) is 5.96 Å². The Morgan fingerprint density at radius 2 is 1.49 bits per heavy atom. The molecular formula is C32H43F6N7. The highest BCUT2D eigenvalue weighted by molar-refractivity contribution is 5.78. The maximum Gasteiger partial charge on any atom is 0.416 e. The molecule has 2 fully saturated rings. The van der Waals surface area contributed by atoms with Crippen molar-refractivity contribution >= 4 is 11.8 Å². The number of pyridine rings is 1. The topological polar surface area (TPSA) is 87.0 Å². The molecule has 2 aromatic rings. The third-order valence-electron chi connectivity index (χ3n) is 8.92. The van der Waals surface area contributed by atoms with Crippen molar-refractivity contribution in [2.45, 2.75) is 103 Å². The number of hydrazine groups is 1. The van der Waals surface area contributed by atoms with Crippen LogP contribution in [0.3, 0.4) is 0 Å². The zero-order chi connectivity index (χ0) is 32.9. The van der Waals surface area contributed by atoms with Crippen LogP contribution in [-0.2, 0) is 37.3 Å². The van der Waals surface area contributed by atoms with Crippen LogP contribution in [0.1, 0.15) is 93.3 Å². The predicted octanol–water partition coefficient (Wildman–Crippen LogP) is 6.79. The summed E-state index contributed by atoms with van der Waals surface area (Å²) in [6, 6.07) is 3.42. The second-order valence-corrected chi connectivity index (χ2v) is 13.9. The number of hydrazone groups is 1. The first kappa shape index (κ1) is 33.2. The van der Waals surface area contributed by atoms with Crippen molar-refractivity contribution in [2.24, 2.45) is 28.5 Å². The smallest absolute Gasteiger partial charge is 0.368 e. The number of hydrogen-bond acceptors (Lipinski definition) is 5. The number of nitrogens with two attached hydrogens (primary N) is 2. The van der Waals surface area contributed by atoms with Crippen LogP contribution in [0.2, 0.25) is 0 Å². The second kappa shape index (κ2) is 12.2. The lowest BCUT2D eigenvalue weighted by molar-refractivity contribution is -0.143. The van der Waals surface area contributed by atoms with Gasteiger partial charge in [0.1, 0.15) is 5.82 Å². The van der Waals surface area contributed by atoms with Crippen LogP contribution in [0.5, 0.6) is 0 Å². The summed E-state index contributed by atoms with van der Waals surface area (Å²) >= 11 is 0. The SMILES string of the molecule is CC(C)N(N)/N=C(\N)N(Cc1cc(C(F)(F)F)cc(C(F)(F)F)c1)Cc1cc2c(nc1N(CC1CC1)CC1CC1)C(C)(C)CC2. The van der Waals surface area contributed by atoms with E-state index in [1.54, 1.807) is 13.8 Å². The van der Waals surface area contributed by atoms with Gasteiger partial charge in [0, 0.05) is 37.2 Å². The Morgan fingerprint density at radius 3 is 1.98 bits per heavy atom. The van der Waals surface area contributed by atoms with E-state index in [9.17, 15) is 26.3 Å². The summed E-state index contributed by atoms with van der Waals surface area (Å²) in [5.41, 5.74) is 6.29. The van der Waals surface area contributed by atoms with Crippen molar-refractivity contribution < 1.29 is 26.3 Å². The normalized spacial score (nSPS) is 18.4. The van der Waals surface area contributed by atoms with Crippen LogP contribution in [0.25, 0.3) is 0 Å². The Labute approximate surface area is 260 Å². The first-order chi connectivity index (χ1) is 20.9. The van der Waals surface area contributed by atoms with E-state index in [2.05, 4.69) is 29.9 Å². The molecule has 1 aromatic heterocycles. The molecule has 7 nitrogen and oxygen atoms in total. The largest absolute Gasteiger partial charge is 0.416 e.